The third-order valence-electron chi connectivity index (χ3n) is 7.15. The number of fused-ring (bicyclic) bond motifs is 1. The molecule has 3 N–H and O–H groups in total. The van der Waals surface area contributed by atoms with Crippen LogP contribution in [0.4, 0.5) is 0 Å². The predicted octanol–water partition coefficient (Wildman–Crippen LogP) is 3.48. The minimum absolute atomic E-state index is 0.0206. The van der Waals surface area contributed by atoms with E-state index in [0.717, 1.165) is 31.2 Å². The van der Waals surface area contributed by atoms with Gasteiger partial charge in [0.1, 0.15) is 17.8 Å². The van der Waals surface area contributed by atoms with Crippen LogP contribution >= 0.6 is 0 Å². The number of hydrogen-bond donors (Lipinski definition) is 3. The first-order chi connectivity index (χ1) is 19.8. The number of amides is 4. The number of rotatable bonds is 5. The van der Waals surface area contributed by atoms with Gasteiger partial charge in [0, 0.05) is 33.0 Å². The number of likely N-dealkylation sites (N-methyl/N-ethyl adjacent to an activating group) is 1. The van der Waals surface area contributed by atoms with Gasteiger partial charge in [0.25, 0.3) is 5.91 Å². The highest BCUT2D eigenvalue weighted by molar-refractivity contribution is 5.99. The lowest BCUT2D eigenvalue weighted by Gasteiger charge is -2.28. The largest absolute Gasteiger partial charge is 0.493 e. The van der Waals surface area contributed by atoms with Gasteiger partial charge in [-0.3, -0.25) is 19.2 Å². The van der Waals surface area contributed by atoms with Gasteiger partial charge in [-0.15, -0.1) is 0 Å². The Kier molecular flexibility index (Phi) is 12.7. The third kappa shape index (κ3) is 10.2. The maximum Gasteiger partial charge on any atom is 0.255 e. The summed E-state index contributed by atoms with van der Waals surface area (Å²) in [5, 5.41) is 8.70. The Bertz CT molecular complexity index is 1150. The summed E-state index contributed by atoms with van der Waals surface area (Å²) in [6.45, 7) is 5.38. The summed E-state index contributed by atoms with van der Waals surface area (Å²) >= 11 is 0. The zero-order chi connectivity index (χ0) is 29.6. The molecule has 0 saturated heterocycles. The van der Waals surface area contributed by atoms with Gasteiger partial charge < -0.3 is 25.6 Å². The van der Waals surface area contributed by atoms with Gasteiger partial charge in [-0.25, -0.2) is 0 Å². The molecule has 0 spiro atoms. The van der Waals surface area contributed by atoms with E-state index in [0.29, 0.717) is 37.4 Å². The smallest absolute Gasteiger partial charge is 0.255 e. The van der Waals surface area contributed by atoms with Crippen LogP contribution in [0.25, 0.3) is 0 Å². The second-order valence-corrected chi connectivity index (χ2v) is 11.0. The molecule has 0 unspecified atom stereocenters. The van der Waals surface area contributed by atoms with E-state index in [2.05, 4.69) is 16.0 Å². The topological polar surface area (TPSA) is 117 Å². The summed E-state index contributed by atoms with van der Waals surface area (Å²) < 4.78 is 5.93. The van der Waals surface area contributed by atoms with Crippen LogP contribution in [0.2, 0.25) is 0 Å². The molecule has 0 aliphatic carbocycles. The van der Waals surface area contributed by atoms with E-state index in [1.54, 1.807) is 31.3 Å². The van der Waals surface area contributed by atoms with Gasteiger partial charge in [-0.2, -0.15) is 0 Å². The molecule has 41 heavy (non-hydrogen) atoms. The first-order valence-electron chi connectivity index (χ1n) is 14.6. The van der Waals surface area contributed by atoms with Crippen molar-refractivity contribution in [2.75, 3.05) is 26.7 Å². The number of ether oxygens (including phenoxy) is 1. The molecule has 2 atom stereocenters. The van der Waals surface area contributed by atoms with Crippen LogP contribution in [-0.4, -0.2) is 67.4 Å². The van der Waals surface area contributed by atoms with Crippen molar-refractivity contribution in [3.8, 4) is 5.75 Å². The van der Waals surface area contributed by atoms with Crippen LogP contribution in [0.3, 0.4) is 0 Å². The molecule has 0 bridgehead atoms. The van der Waals surface area contributed by atoms with E-state index in [4.69, 9.17) is 4.74 Å². The Morgan fingerprint density at radius 1 is 1.00 bits per heavy atom. The van der Waals surface area contributed by atoms with Crippen molar-refractivity contribution < 1.29 is 23.9 Å². The minimum atomic E-state index is -0.935. The predicted molar refractivity (Wildman–Crippen MR) is 158 cm³/mol. The molecular formula is C32H44N4O5. The number of benzene rings is 2. The molecule has 0 aromatic heterocycles. The van der Waals surface area contributed by atoms with E-state index >= 15 is 0 Å². The normalized spacial score (nSPS) is 20.0. The van der Waals surface area contributed by atoms with Gasteiger partial charge in [-0.1, -0.05) is 69.2 Å². The quantitative estimate of drug-likeness (QED) is 0.514. The Morgan fingerprint density at radius 3 is 2.46 bits per heavy atom. The third-order valence-corrected chi connectivity index (χ3v) is 7.15. The first-order valence-corrected chi connectivity index (χ1v) is 14.6. The molecule has 9 heteroatoms. The average Bonchev–Trinajstić information content (AvgIpc) is 2.97. The average molecular weight is 565 g/mol. The maximum absolute atomic E-state index is 13.4. The Hall–Kier alpha value is -3.88. The fourth-order valence-electron chi connectivity index (χ4n) is 4.67. The maximum atomic E-state index is 13.4. The van der Waals surface area contributed by atoms with Crippen LogP contribution in [0, 0.1) is 5.92 Å². The molecule has 1 heterocycles. The van der Waals surface area contributed by atoms with Crippen LogP contribution in [0.1, 0.15) is 68.3 Å². The lowest BCUT2D eigenvalue weighted by molar-refractivity contribution is -0.139. The van der Waals surface area contributed by atoms with Crippen molar-refractivity contribution in [1.29, 1.82) is 0 Å². The molecule has 4 amide bonds. The number of carbonyl (C=O) groups excluding carboxylic acids is 4. The van der Waals surface area contributed by atoms with Gasteiger partial charge in [0.15, 0.2) is 0 Å². The monoisotopic (exact) mass is 564 g/mol. The standard InChI is InChI=1S/C32H44N4O5/c1-23(2)22-34-31(39)26-17-18-29(37)36(3)27(21-24-13-7-6-8-14-24)32(40)33-19-11-4-5-12-20-41-28-16-10-9-15-25(28)30(38)35-26/h6-10,13-16,23,26-27H,4-5,11-12,17-22H2,1-3H3,(H,33,40)(H,34,39)(H,35,38)/t26-,27-/m0/s1. The summed E-state index contributed by atoms with van der Waals surface area (Å²) in [5.74, 6) is -0.608. The Labute approximate surface area is 243 Å². The van der Waals surface area contributed by atoms with Crippen molar-refractivity contribution in [3.63, 3.8) is 0 Å². The second kappa shape index (κ2) is 16.4. The molecule has 1 aliphatic heterocycles. The number of para-hydroxylation sites is 1. The van der Waals surface area contributed by atoms with Crippen molar-refractivity contribution in [2.45, 2.75) is 70.9 Å². The van der Waals surface area contributed by atoms with E-state index in [9.17, 15) is 19.2 Å². The Morgan fingerprint density at radius 2 is 1.71 bits per heavy atom. The number of nitrogens with one attached hydrogen (secondary N) is 3. The van der Waals surface area contributed by atoms with Crippen LogP contribution in [0.15, 0.2) is 54.6 Å². The summed E-state index contributed by atoms with van der Waals surface area (Å²) in [5.41, 5.74) is 1.29. The fourth-order valence-corrected chi connectivity index (χ4v) is 4.67. The van der Waals surface area contributed by atoms with Crippen molar-refractivity contribution in [3.05, 3.63) is 65.7 Å². The van der Waals surface area contributed by atoms with Crippen LogP contribution < -0.4 is 20.7 Å². The van der Waals surface area contributed by atoms with E-state index < -0.39 is 18.0 Å². The molecule has 1 aliphatic rings. The number of hydrogen-bond acceptors (Lipinski definition) is 5. The highest BCUT2D eigenvalue weighted by atomic mass is 16.5. The van der Waals surface area contributed by atoms with Crippen molar-refractivity contribution in [1.82, 2.24) is 20.9 Å². The van der Waals surface area contributed by atoms with Gasteiger partial charge in [-0.05, 0) is 42.9 Å². The highest BCUT2D eigenvalue weighted by Gasteiger charge is 2.29. The first kappa shape index (κ1) is 31.6. The molecule has 3 rings (SSSR count). The van der Waals surface area contributed by atoms with Gasteiger partial charge in [0.05, 0.1) is 12.2 Å². The molecule has 9 nitrogen and oxygen atoms in total. The van der Waals surface area contributed by atoms with Gasteiger partial charge >= 0.3 is 0 Å². The summed E-state index contributed by atoms with van der Waals surface area (Å²) in [6, 6.07) is 14.9. The number of carbonyl (C=O) groups is 4. The highest BCUT2D eigenvalue weighted by Crippen LogP contribution is 2.19. The van der Waals surface area contributed by atoms with Crippen LogP contribution in [-0.2, 0) is 20.8 Å². The zero-order valence-electron chi connectivity index (χ0n) is 24.5. The van der Waals surface area contributed by atoms with Gasteiger partial charge in [0.2, 0.25) is 17.7 Å². The summed E-state index contributed by atoms with van der Waals surface area (Å²) in [7, 11) is 1.62. The van der Waals surface area contributed by atoms with E-state index in [1.807, 2.05) is 44.2 Å². The van der Waals surface area contributed by atoms with E-state index in [-0.39, 0.29) is 36.5 Å². The SMILES string of the molecule is CC(C)CNC(=O)[C@@H]1CCC(=O)N(C)[C@@H](Cc2ccccc2)C(=O)NCCCCCCOc2ccccc2C(=O)N1. The van der Waals surface area contributed by atoms with Crippen molar-refractivity contribution in [2.24, 2.45) is 5.92 Å². The summed E-state index contributed by atoms with van der Waals surface area (Å²) in [6.07, 6.45) is 3.88. The van der Waals surface area contributed by atoms with E-state index in [1.165, 1.54) is 4.90 Å². The van der Waals surface area contributed by atoms with Crippen molar-refractivity contribution >= 4 is 23.6 Å². The minimum Gasteiger partial charge on any atom is -0.493 e. The molecule has 0 fully saturated rings. The molecule has 0 radical (unpaired) electrons. The molecular weight excluding hydrogens is 520 g/mol. The number of nitrogens with zero attached hydrogens (tertiary/aromatic N) is 1. The lowest BCUT2D eigenvalue weighted by Crippen LogP contribution is -2.50. The zero-order valence-corrected chi connectivity index (χ0v) is 24.5. The second-order valence-electron chi connectivity index (χ2n) is 11.0. The Balaban J connectivity index is 1.84. The summed E-state index contributed by atoms with van der Waals surface area (Å²) in [4.78, 5) is 54.6. The molecule has 2 aromatic carbocycles. The van der Waals surface area contributed by atoms with Crippen LogP contribution in [0.5, 0.6) is 5.75 Å². The molecule has 0 saturated carbocycles. The molecule has 2 aromatic rings. The molecule has 222 valence electrons. The lowest BCUT2D eigenvalue weighted by atomic mass is 10.0. The fraction of sp³-hybridized carbons (Fsp3) is 0.500.